The van der Waals surface area contributed by atoms with Crippen molar-refractivity contribution in [1.82, 2.24) is 13.9 Å². The van der Waals surface area contributed by atoms with Gasteiger partial charge in [-0.05, 0) is 12.8 Å². The van der Waals surface area contributed by atoms with Gasteiger partial charge >= 0.3 is 0 Å². The highest BCUT2D eigenvalue weighted by molar-refractivity contribution is 7.88. The van der Waals surface area contributed by atoms with E-state index in [0.717, 1.165) is 18.7 Å². The lowest BCUT2D eigenvalue weighted by Crippen LogP contribution is -2.37. The fourth-order valence-corrected chi connectivity index (χ4v) is 3.81. The van der Waals surface area contributed by atoms with Crippen LogP contribution in [0.25, 0.3) is 0 Å². The quantitative estimate of drug-likeness (QED) is 0.832. The van der Waals surface area contributed by atoms with Gasteiger partial charge in [-0.1, -0.05) is 13.8 Å². The summed E-state index contributed by atoms with van der Waals surface area (Å²) in [5, 5.41) is 0. The molecule has 18 heavy (non-hydrogen) atoms. The summed E-state index contributed by atoms with van der Waals surface area (Å²) in [5.74, 6) is 1.38. The van der Waals surface area contributed by atoms with Gasteiger partial charge in [0.25, 0.3) is 0 Å². The van der Waals surface area contributed by atoms with Crippen LogP contribution in [-0.2, 0) is 16.6 Å². The van der Waals surface area contributed by atoms with E-state index in [0.29, 0.717) is 19.0 Å². The lowest BCUT2D eigenvalue weighted by atomic mass is 10.2. The SMILES string of the molecule is CC(C)c1nccn1CC1CCCN1S(C)(=O)=O. The molecule has 1 unspecified atom stereocenters. The fourth-order valence-electron chi connectivity index (χ4n) is 2.63. The van der Waals surface area contributed by atoms with Gasteiger partial charge in [-0.25, -0.2) is 13.4 Å². The minimum Gasteiger partial charge on any atom is -0.333 e. The third-order valence-corrected chi connectivity index (χ3v) is 4.75. The van der Waals surface area contributed by atoms with E-state index in [2.05, 4.69) is 23.4 Å². The van der Waals surface area contributed by atoms with Gasteiger partial charge in [-0.2, -0.15) is 4.31 Å². The van der Waals surface area contributed by atoms with Crippen molar-refractivity contribution >= 4 is 10.0 Å². The number of sulfonamides is 1. The summed E-state index contributed by atoms with van der Waals surface area (Å²) < 4.78 is 27.1. The molecular weight excluding hydrogens is 250 g/mol. The average molecular weight is 271 g/mol. The summed E-state index contributed by atoms with van der Waals surface area (Å²) in [6.45, 7) is 5.55. The van der Waals surface area contributed by atoms with E-state index >= 15 is 0 Å². The highest BCUT2D eigenvalue weighted by Gasteiger charge is 2.31. The third-order valence-electron chi connectivity index (χ3n) is 3.42. The van der Waals surface area contributed by atoms with E-state index in [9.17, 15) is 8.42 Å². The zero-order valence-electron chi connectivity index (χ0n) is 11.2. The largest absolute Gasteiger partial charge is 0.333 e. The molecule has 0 saturated carbocycles. The summed E-state index contributed by atoms with van der Waals surface area (Å²) in [6.07, 6.45) is 6.90. The molecule has 5 nitrogen and oxygen atoms in total. The molecule has 1 fully saturated rings. The Labute approximate surface area is 109 Å². The first-order valence-electron chi connectivity index (χ1n) is 6.37. The molecule has 1 saturated heterocycles. The Morgan fingerprint density at radius 3 is 2.83 bits per heavy atom. The predicted octanol–water partition coefficient (Wildman–Crippen LogP) is 1.43. The first-order valence-corrected chi connectivity index (χ1v) is 8.22. The van der Waals surface area contributed by atoms with Crippen LogP contribution < -0.4 is 0 Å². The average Bonchev–Trinajstić information content (AvgIpc) is 2.85. The lowest BCUT2D eigenvalue weighted by molar-refractivity contribution is 0.349. The highest BCUT2D eigenvalue weighted by Crippen LogP contribution is 2.23. The molecule has 1 aromatic rings. The fraction of sp³-hybridized carbons (Fsp3) is 0.750. The molecule has 0 spiro atoms. The predicted molar refractivity (Wildman–Crippen MR) is 70.9 cm³/mol. The monoisotopic (exact) mass is 271 g/mol. The molecule has 2 heterocycles. The van der Waals surface area contributed by atoms with Crippen molar-refractivity contribution in [2.45, 2.75) is 45.2 Å². The van der Waals surface area contributed by atoms with Crippen LogP contribution in [0.4, 0.5) is 0 Å². The van der Waals surface area contributed by atoms with Crippen LogP contribution in [0.5, 0.6) is 0 Å². The molecule has 1 aliphatic rings. The van der Waals surface area contributed by atoms with Crippen molar-refractivity contribution in [1.29, 1.82) is 0 Å². The second kappa shape index (κ2) is 5.01. The molecule has 0 N–H and O–H groups in total. The first kappa shape index (κ1) is 13.5. The Balaban J connectivity index is 2.16. The van der Waals surface area contributed by atoms with Crippen molar-refractivity contribution < 1.29 is 8.42 Å². The molecule has 0 bridgehead atoms. The first-order chi connectivity index (χ1) is 8.39. The van der Waals surface area contributed by atoms with Gasteiger partial charge in [0.2, 0.25) is 10.0 Å². The van der Waals surface area contributed by atoms with Crippen LogP contribution in [0.1, 0.15) is 38.4 Å². The number of hydrogen-bond donors (Lipinski definition) is 0. The van der Waals surface area contributed by atoms with Crippen molar-refractivity contribution in [3.63, 3.8) is 0 Å². The minimum absolute atomic E-state index is 0.0756. The van der Waals surface area contributed by atoms with E-state index in [-0.39, 0.29) is 6.04 Å². The van der Waals surface area contributed by atoms with Crippen molar-refractivity contribution in [3.05, 3.63) is 18.2 Å². The molecule has 0 aliphatic carbocycles. The van der Waals surface area contributed by atoms with Crippen molar-refractivity contribution in [2.24, 2.45) is 0 Å². The maximum absolute atomic E-state index is 11.7. The Kier molecular flexibility index (Phi) is 3.77. The summed E-state index contributed by atoms with van der Waals surface area (Å²) in [6, 6.07) is 0.0756. The second-order valence-corrected chi connectivity index (χ2v) is 7.20. The van der Waals surface area contributed by atoms with Gasteiger partial charge in [-0.3, -0.25) is 0 Å². The number of nitrogens with zero attached hydrogens (tertiary/aromatic N) is 3. The van der Waals surface area contributed by atoms with E-state index in [1.54, 1.807) is 10.5 Å². The number of imidazole rings is 1. The summed E-state index contributed by atoms with van der Waals surface area (Å²) >= 11 is 0. The molecule has 0 radical (unpaired) electrons. The minimum atomic E-state index is -3.09. The number of hydrogen-bond acceptors (Lipinski definition) is 3. The molecule has 6 heteroatoms. The normalized spacial score (nSPS) is 21.9. The van der Waals surface area contributed by atoms with Crippen LogP contribution in [0, 0.1) is 0 Å². The standard InChI is InChI=1S/C12H21N3O2S/c1-10(2)12-13-6-8-14(12)9-11-5-4-7-15(11)18(3,16)17/h6,8,10-11H,4-5,7,9H2,1-3H3. The van der Waals surface area contributed by atoms with Crippen LogP contribution in [0.15, 0.2) is 12.4 Å². The molecule has 102 valence electrons. The van der Waals surface area contributed by atoms with Gasteiger partial charge in [-0.15, -0.1) is 0 Å². The molecule has 0 aromatic carbocycles. The maximum atomic E-state index is 11.7. The maximum Gasteiger partial charge on any atom is 0.211 e. The van der Waals surface area contributed by atoms with Gasteiger partial charge in [0.15, 0.2) is 0 Å². The molecule has 1 aromatic heterocycles. The van der Waals surface area contributed by atoms with E-state index < -0.39 is 10.0 Å². The van der Waals surface area contributed by atoms with Gasteiger partial charge in [0, 0.05) is 37.4 Å². The Morgan fingerprint density at radius 1 is 1.50 bits per heavy atom. The van der Waals surface area contributed by atoms with Gasteiger partial charge in [0.1, 0.15) is 5.82 Å². The second-order valence-electron chi connectivity index (χ2n) is 5.26. The van der Waals surface area contributed by atoms with Crippen LogP contribution in [0.2, 0.25) is 0 Å². The lowest BCUT2D eigenvalue weighted by Gasteiger charge is -2.23. The molecule has 0 amide bonds. The third kappa shape index (κ3) is 2.75. The summed E-state index contributed by atoms with van der Waals surface area (Å²) in [5.41, 5.74) is 0. The van der Waals surface area contributed by atoms with Crippen LogP contribution in [0.3, 0.4) is 0 Å². The topological polar surface area (TPSA) is 55.2 Å². The zero-order valence-corrected chi connectivity index (χ0v) is 12.0. The summed E-state index contributed by atoms with van der Waals surface area (Å²) in [4.78, 5) is 4.34. The van der Waals surface area contributed by atoms with E-state index in [1.807, 2.05) is 6.20 Å². The highest BCUT2D eigenvalue weighted by atomic mass is 32.2. The Hall–Kier alpha value is -0.880. The van der Waals surface area contributed by atoms with Crippen LogP contribution >= 0.6 is 0 Å². The molecule has 2 rings (SSSR count). The molecular formula is C12H21N3O2S. The summed E-state index contributed by atoms with van der Waals surface area (Å²) in [7, 11) is -3.09. The Morgan fingerprint density at radius 2 is 2.22 bits per heavy atom. The van der Waals surface area contributed by atoms with Crippen LogP contribution in [-0.4, -0.2) is 41.1 Å². The Bertz CT molecular complexity index is 507. The smallest absolute Gasteiger partial charge is 0.211 e. The zero-order chi connectivity index (χ0) is 13.3. The van der Waals surface area contributed by atoms with E-state index in [1.165, 1.54) is 6.26 Å². The van der Waals surface area contributed by atoms with Crippen molar-refractivity contribution in [2.75, 3.05) is 12.8 Å². The number of rotatable bonds is 4. The van der Waals surface area contributed by atoms with Crippen molar-refractivity contribution in [3.8, 4) is 0 Å². The van der Waals surface area contributed by atoms with E-state index in [4.69, 9.17) is 0 Å². The molecule has 1 atom stereocenters. The molecule has 1 aliphatic heterocycles. The van der Waals surface area contributed by atoms with Gasteiger partial charge in [0.05, 0.1) is 6.26 Å². The van der Waals surface area contributed by atoms with Gasteiger partial charge < -0.3 is 4.57 Å². The number of aromatic nitrogens is 2.